The zero-order chi connectivity index (χ0) is 23.4. The number of anilines is 2. The second-order valence-corrected chi connectivity index (χ2v) is 8.60. The van der Waals surface area contributed by atoms with Crippen molar-refractivity contribution >= 4 is 23.2 Å². The average molecular weight is 450 g/mol. The van der Waals surface area contributed by atoms with Crippen LogP contribution < -0.4 is 10.2 Å². The third-order valence-corrected chi connectivity index (χ3v) is 5.97. The first-order valence-electron chi connectivity index (χ1n) is 11.1. The van der Waals surface area contributed by atoms with Crippen molar-refractivity contribution in [2.24, 2.45) is 5.92 Å². The molecule has 4 rings (SSSR count). The highest BCUT2D eigenvalue weighted by Gasteiger charge is 2.26. The molecule has 1 heterocycles. The molecule has 0 aliphatic heterocycles. The molecule has 2 amide bonds. The molecule has 2 aromatic carbocycles. The molecule has 1 aliphatic rings. The number of carbonyl (C=O) groups is 2. The normalized spacial score (nSPS) is 13.3. The molecule has 1 aliphatic carbocycles. The molecule has 0 bridgehead atoms. The van der Waals surface area contributed by atoms with Crippen LogP contribution in [0, 0.1) is 11.7 Å². The maximum absolute atomic E-state index is 13.4. The first-order valence-corrected chi connectivity index (χ1v) is 11.1. The number of carbonyl (C=O) groups excluding carboxylic acids is 2. The number of hydrogen-bond acceptors (Lipinski definition) is 4. The Labute approximate surface area is 193 Å². The first-order chi connectivity index (χ1) is 15.9. The van der Waals surface area contributed by atoms with E-state index in [4.69, 9.17) is 4.42 Å². The highest BCUT2D eigenvalue weighted by atomic mass is 19.1. The molecule has 0 radical (unpaired) electrons. The Balaban J connectivity index is 1.62. The molecule has 1 saturated carbocycles. The van der Waals surface area contributed by atoms with Gasteiger partial charge in [-0.1, -0.05) is 6.42 Å². The van der Waals surface area contributed by atoms with Crippen molar-refractivity contribution in [1.29, 1.82) is 0 Å². The van der Waals surface area contributed by atoms with Gasteiger partial charge in [0, 0.05) is 43.5 Å². The zero-order valence-corrected chi connectivity index (χ0v) is 18.9. The second kappa shape index (κ2) is 9.90. The highest BCUT2D eigenvalue weighted by molar-refractivity contribution is 5.95. The smallest absolute Gasteiger partial charge is 0.254 e. The van der Waals surface area contributed by atoms with Crippen LogP contribution in [0.4, 0.5) is 15.8 Å². The van der Waals surface area contributed by atoms with Crippen LogP contribution in [-0.4, -0.2) is 30.8 Å². The van der Waals surface area contributed by atoms with Crippen LogP contribution in [-0.2, 0) is 17.9 Å². The van der Waals surface area contributed by atoms with Gasteiger partial charge in [-0.05, 0) is 73.0 Å². The standard InChI is InChI=1S/C26H28FN3O3/c1-29(2)24-13-12-22(28-25(31)18-5-3-6-18)15-20(24)16-30(17-23-7-4-14-33-23)26(32)19-8-10-21(27)11-9-19/h4,7-15,18H,3,5-6,16-17H2,1-2H3,(H,28,31). The lowest BCUT2D eigenvalue weighted by molar-refractivity contribution is -0.122. The molecule has 1 aromatic heterocycles. The van der Waals surface area contributed by atoms with E-state index in [1.54, 1.807) is 17.2 Å². The summed E-state index contributed by atoms with van der Waals surface area (Å²) in [6, 6.07) is 14.8. The molecule has 0 atom stereocenters. The van der Waals surface area contributed by atoms with Crippen LogP contribution >= 0.6 is 0 Å². The molecule has 7 heteroatoms. The van der Waals surface area contributed by atoms with Gasteiger partial charge in [0.05, 0.1) is 12.8 Å². The topological polar surface area (TPSA) is 65.8 Å². The largest absolute Gasteiger partial charge is 0.467 e. The Hall–Kier alpha value is -3.61. The average Bonchev–Trinajstić information content (AvgIpc) is 3.25. The Morgan fingerprint density at radius 2 is 1.82 bits per heavy atom. The van der Waals surface area contributed by atoms with Gasteiger partial charge in [0.2, 0.25) is 5.91 Å². The van der Waals surface area contributed by atoms with Crippen LogP contribution in [0.3, 0.4) is 0 Å². The van der Waals surface area contributed by atoms with Crippen molar-refractivity contribution in [2.75, 3.05) is 24.3 Å². The van der Waals surface area contributed by atoms with Gasteiger partial charge in [-0.25, -0.2) is 4.39 Å². The lowest BCUT2D eigenvalue weighted by Gasteiger charge is -2.27. The quantitative estimate of drug-likeness (QED) is 0.522. The number of hydrogen-bond donors (Lipinski definition) is 1. The van der Waals surface area contributed by atoms with E-state index in [1.165, 1.54) is 24.3 Å². The summed E-state index contributed by atoms with van der Waals surface area (Å²) in [4.78, 5) is 29.4. The molecule has 1 fully saturated rings. The highest BCUT2D eigenvalue weighted by Crippen LogP contribution is 2.30. The number of rotatable bonds is 8. The van der Waals surface area contributed by atoms with Crippen molar-refractivity contribution in [3.05, 3.63) is 83.6 Å². The second-order valence-electron chi connectivity index (χ2n) is 8.60. The first kappa shape index (κ1) is 22.6. The van der Waals surface area contributed by atoms with E-state index in [-0.39, 0.29) is 30.8 Å². The number of amides is 2. The van der Waals surface area contributed by atoms with E-state index in [9.17, 15) is 14.0 Å². The van der Waals surface area contributed by atoms with E-state index >= 15 is 0 Å². The van der Waals surface area contributed by atoms with Gasteiger partial charge >= 0.3 is 0 Å². The van der Waals surface area contributed by atoms with E-state index in [2.05, 4.69) is 5.32 Å². The molecular formula is C26H28FN3O3. The third kappa shape index (κ3) is 5.42. The summed E-state index contributed by atoms with van der Waals surface area (Å²) >= 11 is 0. The molecule has 0 saturated heterocycles. The van der Waals surface area contributed by atoms with Gasteiger partial charge in [0.15, 0.2) is 0 Å². The minimum Gasteiger partial charge on any atom is -0.467 e. The Kier molecular flexibility index (Phi) is 6.77. The molecular weight excluding hydrogens is 421 g/mol. The van der Waals surface area contributed by atoms with Crippen molar-refractivity contribution in [3.63, 3.8) is 0 Å². The number of furan rings is 1. The summed E-state index contributed by atoms with van der Waals surface area (Å²) < 4.78 is 18.9. The number of nitrogens with one attached hydrogen (secondary N) is 1. The van der Waals surface area contributed by atoms with Gasteiger partial charge in [-0.15, -0.1) is 0 Å². The van der Waals surface area contributed by atoms with Gasteiger partial charge in [0.1, 0.15) is 11.6 Å². The van der Waals surface area contributed by atoms with E-state index < -0.39 is 5.82 Å². The Morgan fingerprint density at radius 3 is 2.42 bits per heavy atom. The van der Waals surface area contributed by atoms with E-state index in [1.807, 2.05) is 43.3 Å². The van der Waals surface area contributed by atoms with Gasteiger partial charge < -0.3 is 19.5 Å². The zero-order valence-electron chi connectivity index (χ0n) is 18.9. The third-order valence-electron chi connectivity index (χ3n) is 5.97. The number of benzene rings is 2. The van der Waals surface area contributed by atoms with Gasteiger partial charge in [0.25, 0.3) is 5.91 Å². The van der Waals surface area contributed by atoms with Crippen LogP contribution in [0.15, 0.2) is 65.3 Å². The minimum absolute atomic E-state index is 0.0413. The monoisotopic (exact) mass is 449 g/mol. The fourth-order valence-corrected chi connectivity index (χ4v) is 3.91. The number of nitrogens with zero attached hydrogens (tertiary/aromatic N) is 2. The summed E-state index contributed by atoms with van der Waals surface area (Å²) in [6.45, 7) is 0.548. The molecule has 1 N–H and O–H groups in total. The maximum Gasteiger partial charge on any atom is 0.254 e. The molecule has 3 aromatic rings. The van der Waals surface area contributed by atoms with E-state index in [0.29, 0.717) is 17.0 Å². The Morgan fingerprint density at radius 1 is 1.06 bits per heavy atom. The maximum atomic E-state index is 13.4. The summed E-state index contributed by atoms with van der Waals surface area (Å²) in [5.41, 5.74) is 2.92. The summed E-state index contributed by atoms with van der Waals surface area (Å²) in [6.07, 6.45) is 4.52. The van der Waals surface area contributed by atoms with Crippen molar-refractivity contribution in [3.8, 4) is 0 Å². The van der Waals surface area contributed by atoms with Crippen LogP contribution in [0.25, 0.3) is 0 Å². The summed E-state index contributed by atoms with van der Waals surface area (Å²) in [7, 11) is 3.87. The predicted octanol–water partition coefficient (Wildman–Crippen LogP) is 5.07. The molecule has 0 unspecified atom stereocenters. The summed E-state index contributed by atoms with van der Waals surface area (Å²) in [5.74, 6) is 0.136. The lowest BCUT2D eigenvalue weighted by Crippen LogP contribution is -2.31. The molecule has 172 valence electrons. The number of halogens is 1. The summed E-state index contributed by atoms with van der Waals surface area (Å²) in [5, 5.41) is 3.02. The fourth-order valence-electron chi connectivity index (χ4n) is 3.91. The minimum atomic E-state index is -0.395. The SMILES string of the molecule is CN(C)c1ccc(NC(=O)C2CCC2)cc1CN(Cc1ccco1)C(=O)c1ccc(F)cc1. The van der Waals surface area contributed by atoms with Crippen LogP contribution in [0.2, 0.25) is 0 Å². The van der Waals surface area contributed by atoms with Crippen molar-refractivity contribution in [2.45, 2.75) is 32.4 Å². The molecule has 33 heavy (non-hydrogen) atoms. The van der Waals surface area contributed by atoms with Crippen LogP contribution in [0.5, 0.6) is 0 Å². The van der Waals surface area contributed by atoms with Gasteiger partial charge in [-0.2, -0.15) is 0 Å². The Bertz CT molecular complexity index is 1110. The van der Waals surface area contributed by atoms with Gasteiger partial charge in [-0.3, -0.25) is 9.59 Å². The molecule has 6 nitrogen and oxygen atoms in total. The lowest BCUT2D eigenvalue weighted by atomic mass is 9.85. The van der Waals surface area contributed by atoms with Crippen LogP contribution in [0.1, 0.15) is 40.9 Å². The molecule has 0 spiro atoms. The van der Waals surface area contributed by atoms with Crippen molar-refractivity contribution < 1.29 is 18.4 Å². The fraction of sp³-hybridized carbons (Fsp3) is 0.308. The predicted molar refractivity (Wildman–Crippen MR) is 125 cm³/mol. The van der Waals surface area contributed by atoms with Crippen molar-refractivity contribution in [1.82, 2.24) is 4.90 Å². The van der Waals surface area contributed by atoms with E-state index in [0.717, 1.165) is 30.5 Å².